The Labute approximate surface area is 119 Å². The van der Waals surface area contributed by atoms with Crippen LogP contribution in [-0.4, -0.2) is 26.1 Å². The fraction of sp³-hybridized carbons (Fsp3) is 0.273. The summed E-state index contributed by atoms with van der Waals surface area (Å²) in [6.07, 6.45) is -0.157. The Hall–Kier alpha value is -1.43. The highest BCUT2D eigenvalue weighted by atomic mass is 79.9. The van der Waals surface area contributed by atoms with E-state index in [0.717, 1.165) is 0 Å². The Balaban J connectivity index is 2.43. The molecule has 6 nitrogen and oxygen atoms in total. The number of anilines is 1. The quantitative estimate of drug-likeness (QED) is 0.853. The van der Waals surface area contributed by atoms with Crippen molar-refractivity contribution in [2.75, 3.05) is 11.4 Å². The minimum atomic E-state index is -3.76. The molecule has 1 aromatic rings. The zero-order valence-corrected chi connectivity index (χ0v) is 12.1. The van der Waals surface area contributed by atoms with Gasteiger partial charge in [0.1, 0.15) is 11.3 Å². The Morgan fingerprint density at radius 2 is 2.16 bits per heavy atom. The number of hydrogen-bond donors (Lipinski definition) is 1. The van der Waals surface area contributed by atoms with E-state index in [1.807, 2.05) is 6.07 Å². The first kappa shape index (κ1) is 14.0. The maximum atomic E-state index is 11.9. The Bertz CT molecular complexity index is 681. The van der Waals surface area contributed by atoms with E-state index in [1.165, 1.54) is 4.90 Å². The fourth-order valence-electron chi connectivity index (χ4n) is 1.98. The SMILES string of the molecule is N#Cc1c(Br)cccc1N1CC(S(N)(=O)=O)CC1=O. The minimum absolute atomic E-state index is 0.0250. The number of benzene rings is 1. The molecule has 1 aliphatic heterocycles. The zero-order valence-electron chi connectivity index (χ0n) is 9.71. The molecule has 1 atom stereocenters. The second-order valence-electron chi connectivity index (χ2n) is 4.17. The number of primary sulfonamides is 1. The molecular formula is C11H10BrN3O3S. The molecule has 1 saturated heterocycles. The molecular weight excluding hydrogens is 334 g/mol. The maximum absolute atomic E-state index is 11.9. The summed E-state index contributed by atoms with van der Waals surface area (Å²) in [7, 11) is -3.76. The number of nitriles is 1. The summed E-state index contributed by atoms with van der Waals surface area (Å²) in [4.78, 5) is 13.2. The van der Waals surface area contributed by atoms with Crippen LogP contribution in [0.25, 0.3) is 0 Å². The van der Waals surface area contributed by atoms with Gasteiger partial charge in [-0.05, 0) is 28.1 Å². The predicted octanol–water partition coefficient (Wildman–Crippen LogP) is 0.715. The van der Waals surface area contributed by atoms with Crippen molar-refractivity contribution < 1.29 is 13.2 Å². The van der Waals surface area contributed by atoms with Crippen molar-refractivity contribution in [3.8, 4) is 6.07 Å². The summed E-state index contributed by atoms with van der Waals surface area (Å²) in [6.45, 7) is -0.0250. The van der Waals surface area contributed by atoms with E-state index >= 15 is 0 Å². The van der Waals surface area contributed by atoms with E-state index in [1.54, 1.807) is 18.2 Å². The molecule has 2 N–H and O–H groups in total. The van der Waals surface area contributed by atoms with Gasteiger partial charge in [0.05, 0.1) is 11.3 Å². The van der Waals surface area contributed by atoms with Crippen molar-refractivity contribution in [3.63, 3.8) is 0 Å². The van der Waals surface area contributed by atoms with Gasteiger partial charge in [0, 0.05) is 17.4 Å². The highest BCUT2D eigenvalue weighted by molar-refractivity contribution is 9.10. The first-order valence-corrected chi connectivity index (χ1v) is 7.75. The first-order valence-electron chi connectivity index (χ1n) is 5.35. The number of rotatable bonds is 2. The van der Waals surface area contributed by atoms with E-state index in [-0.39, 0.29) is 18.9 Å². The average molecular weight is 344 g/mol. The number of hydrogen-bond acceptors (Lipinski definition) is 4. The molecule has 1 heterocycles. The monoisotopic (exact) mass is 343 g/mol. The van der Waals surface area contributed by atoms with Crippen LogP contribution in [0.4, 0.5) is 5.69 Å². The van der Waals surface area contributed by atoms with Crippen LogP contribution < -0.4 is 10.0 Å². The third-order valence-corrected chi connectivity index (χ3v) is 4.85. The lowest BCUT2D eigenvalue weighted by atomic mass is 10.2. The van der Waals surface area contributed by atoms with E-state index < -0.39 is 15.3 Å². The van der Waals surface area contributed by atoms with Crippen molar-refractivity contribution in [2.24, 2.45) is 5.14 Å². The predicted molar refractivity (Wildman–Crippen MR) is 72.7 cm³/mol. The zero-order chi connectivity index (χ0) is 14.2. The van der Waals surface area contributed by atoms with Crippen LogP contribution >= 0.6 is 15.9 Å². The maximum Gasteiger partial charge on any atom is 0.228 e. The summed E-state index contributed by atoms with van der Waals surface area (Å²) < 4.78 is 23.2. The molecule has 1 aromatic carbocycles. The van der Waals surface area contributed by atoms with Gasteiger partial charge in [-0.1, -0.05) is 6.07 Å². The van der Waals surface area contributed by atoms with Crippen molar-refractivity contribution in [3.05, 3.63) is 28.2 Å². The Kier molecular flexibility index (Phi) is 3.62. The van der Waals surface area contributed by atoms with E-state index in [0.29, 0.717) is 15.7 Å². The number of nitrogens with two attached hydrogens (primary N) is 1. The standard InChI is InChI=1S/C11H10BrN3O3S/c12-9-2-1-3-10(8(9)5-13)15-6-7(4-11(15)16)19(14,17)18/h1-3,7H,4,6H2,(H2,14,17,18). The van der Waals surface area contributed by atoms with Crippen LogP contribution in [0.1, 0.15) is 12.0 Å². The highest BCUT2D eigenvalue weighted by Crippen LogP contribution is 2.31. The van der Waals surface area contributed by atoms with Crippen LogP contribution in [0.15, 0.2) is 22.7 Å². The molecule has 8 heteroatoms. The van der Waals surface area contributed by atoms with Crippen LogP contribution in [0, 0.1) is 11.3 Å². The van der Waals surface area contributed by atoms with Gasteiger partial charge in [0.2, 0.25) is 15.9 Å². The largest absolute Gasteiger partial charge is 0.310 e. The Morgan fingerprint density at radius 3 is 2.68 bits per heavy atom. The van der Waals surface area contributed by atoms with Crippen LogP contribution in [0.2, 0.25) is 0 Å². The minimum Gasteiger partial charge on any atom is -0.310 e. The summed E-state index contributed by atoms with van der Waals surface area (Å²) in [5.41, 5.74) is 0.693. The van der Waals surface area contributed by atoms with E-state index in [9.17, 15) is 13.2 Å². The van der Waals surface area contributed by atoms with Gasteiger partial charge in [0.25, 0.3) is 0 Å². The molecule has 0 saturated carbocycles. The summed E-state index contributed by atoms with van der Waals surface area (Å²) in [5, 5.41) is 13.2. The van der Waals surface area contributed by atoms with Crippen LogP contribution in [-0.2, 0) is 14.8 Å². The van der Waals surface area contributed by atoms with Crippen molar-refractivity contribution in [1.29, 1.82) is 5.26 Å². The number of carbonyl (C=O) groups is 1. The normalized spacial score (nSPS) is 19.5. The molecule has 2 rings (SSSR count). The number of sulfonamides is 1. The molecule has 1 fully saturated rings. The molecule has 0 aliphatic carbocycles. The molecule has 0 bridgehead atoms. The van der Waals surface area contributed by atoms with Crippen LogP contribution in [0.3, 0.4) is 0 Å². The molecule has 100 valence electrons. The summed E-state index contributed by atoms with van der Waals surface area (Å²) >= 11 is 3.23. The van der Waals surface area contributed by atoms with E-state index in [2.05, 4.69) is 15.9 Å². The number of nitrogens with zero attached hydrogens (tertiary/aromatic N) is 2. The smallest absolute Gasteiger partial charge is 0.228 e. The number of amides is 1. The second kappa shape index (κ2) is 4.92. The fourth-order valence-corrected chi connectivity index (χ4v) is 3.15. The highest BCUT2D eigenvalue weighted by Gasteiger charge is 2.38. The Morgan fingerprint density at radius 1 is 1.47 bits per heavy atom. The van der Waals surface area contributed by atoms with Gasteiger partial charge < -0.3 is 4.90 Å². The van der Waals surface area contributed by atoms with Crippen molar-refractivity contribution in [2.45, 2.75) is 11.7 Å². The van der Waals surface area contributed by atoms with Gasteiger partial charge in [0.15, 0.2) is 0 Å². The lowest BCUT2D eigenvalue weighted by Gasteiger charge is -2.18. The average Bonchev–Trinajstić information content (AvgIpc) is 2.70. The van der Waals surface area contributed by atoms with Gasteiger partial charge >= 0.3 is 0 Å². The molecule has 0 spiro atoms. The number of halogens is 1. The summed E-state index contributed by atoms with van der Waals surface area (Å²) in [6, 6.07) is 6.96. The molecule has 19 heavy (non-hydrogen) atoms. The van der Waals surface area contributed by atoms with Crippen molar-refractivity contribution >= 4 is 37.5 Å². The topological polar surface area (TPSA) is 104 Å². The first-order chi connectivity index (χ1) is 8.84. The molecule has 1 aliphatic rings. The third-order valence-electron chi connectivity index (χ3n) is 2.95. The summed E-state index contributed by atoms with van der Waals surface area (Å²) in [5.74, 6) is -0.353. The lowest BCUT2D eigenvalue weighted by molar-refractivity contribution is -0.117. The van der Waals surface area contributed by atoms with E-state index in [4.69, 9.17) is 10.4 Å². The van der Waals surface area contributed by atoms with Gasteiger partial charge in [-0.2, -0.15) is 5.26 Å². The second-order valence-corrected chi connectivity index (χ2v) is 6.86. The molecule has 0 aromatic heterocycles. The third kappa shape index (κ3) is 2.63. The van der Waals surface area contributed by atoms with Crippen LogP contribution in [0.5, 0.6) is 0 Å². The van der Waals surface area contributed by atoms with Crippen molar-refractivity contribution in [1.82, 2.24) is 0 Å². The van der Waals surface area contributed by atoms with Gasteiger partial charge in [-0.25, -0.2) is 13.6 Å². The molecule has 1 amide bonds. The lowest BCUT2D eigenvalue weighted by Crippen LogP contribution is -2.32. The molecule has 1 unspecified atom stereocenters. The van der Waals surface area contributed by atoms with Gasteiger partial charge in [-0.15, -0.1) is 0 Å². The van der Waals surface area contributed by atoms with Gasteiger partial charge in [-0.3, -0.25) is 4.79 Å². The number of carbonyl (C=O) groups excluding carboxylic acids is 1. The molecule has 0 radical (unpaired) electrons.